The van der Waals surface area contributed by atoms with Gasteiger partial charge in [-0.05, 0) is 31.0 Å². The molecule has 0 N–H and O–H groups in total. The van der Waals surface area contributed by atoms with Crippen LogP contribution < -0.4 is 4.74 Å². The summed E-state index contributed by atoms with van der Waals surface area (Å²) >= 11 is 0. The van der Waals surface area contributed by atoms with Gasteiger partial charge < -0.3 is 4.74 Å². The lowest BCUT2D eigenvalue weighted by atomic mass is 9.81. The van der Waals surface area contributed by atoms with Crippen LogP contribution in [0.3, 0.4) is 0 Å². The molecule has 1 aromatic rings. The Kier molecular flexibility index (Phi) is 2.46. The molecule has 0 bridgehead atoms. The number of aryl methyl sites for hydroxylation is 1. The zero-order valence-corrected chi connectivity index (χ0v) is 10.3. The summed E-state index contributed by atoms with van der Waals surface area (Å²) in [5, 5.41) is 0. The maximum Gasteiger partial charge on any atom is 0.416 e. The third-order valence-electron chi connectivity index (χ3n) is 3.29. The van der Waals surface area contributed by atoms with Gasteiger partial charge in [-0.25, -0.2) is 0 Å². The first-order valence-electron chi connectivity index (χ1n) is 5.49. The maximum absolute atomic E-state index is 13.0. The number of halogens is 3. The molecule has 2 rings (SSSR count). The molecule has 0 radical (unpaired) electrons. The molecule has 1 aliphatic rings. The van der Waals surface area contributed by atoms with Gasteiger partial charge in [-0.2, -0.15) is 13.2 Å². The maximum atomic E-state index is 13.0. The molecule has 0 spiro atoms. The number of hydrogen-bond acceptors (Lipinski definition) is 1. The van der Waals surface area contributed by atoms with Crippen molar-refractivity contribution < 1.29 is 17.9 Å². The minimum atomic E-state index is -4.30. The Morgan fingerprint density at radius 3 is 2.35 bits per heavy atom. The van der Waals surface area contributed by atoms with Gasteiger partial charge >= 0.3 is 6.18 Å². The van der Waals surface area contributed by atoms with Crippen molar-refractivity contribution in [2.24, 2.45) is 0 Å². The van der Waals surface area contributed by atoms with E-state index in [9.17, 15) is 13.2 Å². The number of hydrogen-bond donors (Lipinski definition) is 0. The van der Waals surface area contributed by atoms with Crippen molar-refractivity contribution in [1.29, 1.82) is 0 Å². The minimum Gasteiger partial charge on any atom is -0.492 e. The lowest BCUT2D eigenvalue weighted by Gasteiger charge is -2.22. The van der Waals surface area contributed by atoms with Crippen LogP contribution in [0, 0.1) is 13.8 Å². The van der Waals surface area contributed by atoms with Crippen molar-refractivity contribution in [3.63, 3.8) is 0 Å². The molecular weight excluding hydrogens is 229 g/mol. The van der Waals surface area contributed by atoms with Crippen LogP contribution in [0.15, 0.2) is 6.07 Å². The number of alkyl halides is 3. The monoisotopic (exact) mass is 244 g/mol. The van der Waals surface area contributed by atoms with Crippen molar-refractivity contribution >= 4 is 0 Å². The third-order valence-corrected chi connectivity index (χ3v) is 3.29. The molecule has 1 heterocycles. The smallest absolute Gasteiger partial charge is 0.416 e. The lowest BCUT2D eigenvalue weighted by Crippen LogP contribution is -2.21. The van der Waals surface area contributed by atoms with Crippen LogP contribution in [0.25, 0.3) is 0 Å². The Bertz CT molecular complexity index is 469. The standard InChI is InChI=1S/C13H15F3O/c1-7-5-9-11(12(3,4)6-17-9)8(2)10(7)13(14,15)16/h5H,6H2,1-4H3. The van der Waals surface area contributed by atoms with Crippen LogP contribution in [-0.2, 0) is 11.6 Å². The third kappa shape index (κ3) is 1.79. The van der Waals surface area contributed by atoms with Crippen molar-refractivity contribution in [3.8, 4) is 5.75 Å². The molecule has 0 aliphatic carbocycles. The highest BCUT2D eigenvalue weighted by Crippen LogP contribution is 2.46. The van der Waals surface area contributed by atoms with Gasteiger partial charge in [0.15, 0.2) is 0 Å². The van der Waals surface area contributed by atoms with E-state index in [-0.39, 0.29) is 11.0 Å². The first kappa shape index (κ1) is 12.3. The van der Waals surface area contributed by atoms with E-state index in [4.69, 9.17) is 4.74 Å². The number of ether oxygens (including phenoxy) is 1. The fourth-order valence-electron chi connectivity index (χ4n) is 2.67. The first-order valence-corrected chi connectivity index (χ1v) is 5.49. The van der Waals surface area contributed by atoms with E-state index >= 15 is 0 Å². The fourth-order valence-corrected chi connectivity index (χ4v) is 2.67. The second kappa shape index (κ2) is 3.40. The van der Waals surface area contributed by atoms with Crippen LogP contribution >= 0.6 is 0 Å². The van der Waals surface area contributed by atoms with Crippen LogP contribution in [0.5, 0.6) is 5.75 Å². The van der Waals surface area contributed by atoms with E-state index in [2.05, 4.69) is 0 Å². The van der Waals surface area contributed by atoms with Crippen LogP contribution in [-0.4, -0.2) is 6.61 Å². The molecule has 0 aromatic heterocycles. The lowest BCUT2D eigenvalue weighted by molar-refractivity contribution is -0.138. The van der Waals surface area contributed by atoms with Gasteiger partial charge in [-0.15, -0.1) is 0 Å². The molecule has 1 aliphatic heterocycles. The van der Waals surface area contributed by atoms with E-state index in [0.29, 0.717) is 23.5 Å². The van der Waals surface area contributed by atoms with Crippen LogP contribution in [0.2, 0.25) is 0 Å². The average molecular weight is 244 g/mol. The fraction of sp³-hybridized carbons (Fsp3) is 0.538. The summed E-state index contributed by atoms with van der Waals surface area (Å²) in [6, 6.07) is 1.50. The molecular formula is C13H15F3O. The van der Waals surface area contributed by atoms with Gasteiger partial charge in [-0.3, -0.25) is 0 Å². The highest BCUT2D eigenvalue weighted by molar-refractivity contribution is 5.55. The predicted molar refractivity (Wildman–Crippen MR) is 59.4 cm³/mol. The SMILES string of the molecule is Cc1cc2c(c(C)c1C(F)(F)F)C(C)(C)CO2. The molecule has 4 heteroatoms. The Morgan fingerprint density at radius 2 is 1.82 bits per heavy atom. The van der Waals surface area contributed by atoms with Crippen molar-refractivity contribution in [2.75, 3.05) is 6.61 Å². The van der Waals surface area contributed by atoms with Gasteiger partial charge in [0.1, 0.15) is 5.75 Å². The minimum absolute atomic E-state index is 0.228. The topological polar surface area (TPSA) is 9.23 Å². The van der Waals surface area contributed by atoms with E-state index in [0.717, 1.165) is 0 Å². The zero-order chi connectivity index (χ0) is 13.0. The molecule has 94 valence electrons. The van der Waals surface area contributed by atoms with Gasteiger partial charge in [-0.1, -0.05) is 13.8 Å². The molecule has 0 saturated carbocycles. The predicted octanol–water partition coefficient (Wildman–Crippen LogP) is 3.99. The first-order chi connectivity index (χ1) is 7.64. The van der Waals surface area contributed by atoms with E-state index in [1.165, 1.54) is 19.9 Å². The zero-order valence-electron chi connectivity index (χ0n) is 10.3. The Hall–Kier alpha value is -1.19. The number of fused-ring (bicyclic) bond motifs is 1. The van der Waals surface area contributed by atoms with Crippen LogP contribution in [0.1, 0.15) is 36.1 Å². The molecule has 17 heavy (non-hydrogen) atoms. The molecule has 0 fully saturated rings. The summed E-state index contributed by atoms with van der Waals surface area (Å²) < 4.78 is 44.4. The molecule has 1 nitrogen and oxygen atoms in total. The summed E-state index contributed by atoms with van der Waals surface area (Å²) in [4.78, 5) is 0. The molecule has 1 aromatic carbocycles. The number of rotatable bonds is 0. The molecule has 0 atom stereocenters. The quantitative estimate of drug-likeness (QED) is 0.670. The van der Waals surface area contributed by atoms with Gasteiger partial charge in [0.25, 0.3) is 0 Å². The van der Waals surface area contributed by atoms with Crippen LogP contribution in [0.4, 0.5) is 13.2 Å². The normalized spacial score (nSPS) is 17.8. The Labute approximate surface area is 98.6 Å². The largest absolute Gasteiger partial charge is 0.492 e. The summed E-state index contributed by atoms with van der Waals surface area (Å²) in [6.07, 6.45) is -4.30. The number of benzene rings is 1. The van der Waals surface area contributed by atoms with Gasteiger partial charge in [0.05, 0.1) is 12.2 Å². The van der Waals surface area contributed by atoms with Gasteiger partial charge in [0.2, 0.25) is 0 Å². The summed E-state index contributed by atoms with van der Waals surface area (Å²) in [6.45, 7) is 7.25. The summed E-state index contributed by atoms with van der Waals surface area (Å²) in [7, 11) is 0. The second-order valence-electron chi connectivity index (χ2n) is 5.24. The highest BCUT2D eigenvalue weighted by Gasteiger charge is 2.41. The van der Waals surface area contributed by atoms with Crippen molar-refractivity contribution in [2.45, 2.75) is 39.3 Å². The van der Waals surface area contributed by atoms with Crippen molar-refractivity contribution in [1.82, 2.24) is 0 Å². The Balaban J connectivity index is 2.75. The van der Waals surface area contributed by atoms with E-state index < -0.39 is 11.7 Å². The van der Waals surface area contributed by atoms with Gasteiger partial charge in [0, 0.05) is 11.0 Å². The van der Waals surface area contributed by atoms with E-state index in [1.54, 1.807) is 0 Å². The van der Waals surface area contributed by atoms with E-state index in [1.807, 2.05) is 13.8 Å². The average Bonchev–Trinajstić information content (AvgIpc) is 2.38. The summed E-state index contributed by atoms with van der Waals surface area (Å²) in [5.41, 5.74) is 0.347. The highest BCUT2D eigenvalue weighted by atomic mass is 19.4. The summed E-state index contributed by atoms with van der Waals surface area (Å²) in [5.74, 6) is 0.595. The second-order valence-corrected chi connectivity index (χ2v) is 5.24. The van der Waals surface area contributed by atoms with Crippen molar-refractivity contribution in [3.05, 3.63) is 28.3 Å². The molecule has 0 saturated heterocycles. The molecule has 0 amide bonds. The Morgan fingerprint density at radius 1 is 1.24 bits per heavy atom. The molecule has 0 unspecified atom stereocenters.